The van der Waals surface area contributed by atoms with Gasteiger partial charge in [0.15, 0.2) is 0 Å². The van der Waals surface area contributed by atoms with Crippen LogP contribution in [0.5, 0.6) is 5.75 Å². The van der Waals surface area contributed by atoms with E-state index in [4.69, 9.17) is 16.3 Å². The molecule has 1 aliphatic rings. The molecule has 2 aromatic rings. The number of carbonyl (C=O) groups is 1. The van der Waals surface area contributed by atoms with Crippen molar-refractivity contribution >= 4 is 17.5 Å². The number of benzene rings is 1. The summed E-state index contributed by atoms with van der Waals surface area (Å²) >= 11 is 6.06. The van der Waals surface area contributed by atoms with Gasteiger partial charge in [-0.05, 0) is 32.0 Å². The molecular formula is C19H25ClN4O2. The van der Waals surface area contributed by atoms with Crippen LogP contribution < -0.4 is 4.74 Å². The highest BCUT2D eigenvalue weighted by Crippen LogP contribution is 2.24. The minimum Gasteiger partial charge on any atom is -0.496 e. The van der Waals surface area contributed by atoms with Gasteiger partial charge in [-0.1, -0.05) is 11.6 Å². The molecule has 1 saturated heterocycles. The van der Waals surface area contributed by atoms with Gasteiger partial charge in [0, 0.05) is 56.1 Å². The Morgan fingerprint density at radius 2 is 2.00 bits per heavy atom. The van der Waals surface area contributed by atoms with Gasteiger partial charge in [-0.3, -0.25) is 14.4 Å². The zero-order valence-electron chi connectivity index (χ0n) is 15.5. The number of halogens is 1. The van der Waals surface area contributed by atoms with Gasteiger partial charge in [0.25, 0.3) is 5.91 Å². The lowest BCUT2D eigenvalue weighted by molar-refractivity contribution is 0.0625. The number of hydrogen-bond donors (Lipinski definition) is 0. The minimum absolute atomic E-state index is 0.0287. The van der Waals surface area contributed by atoms with E-state index in [0.717, 1.165) is 31.9 Å². The van der Waals surface area contributed by atoms with Crippen LogP contribution in [0.3, 0.4) is 0 Å². The van der Waals surface area contributed by atoms with E-state index in [-0.39, 0.29) is 5.91 Å². The summed E-state index contributed by atoms with van der Waals surface area (Å²) in [7, 11) is 1.57. The highest BCUT2D eigenvalue weighted by Gasteiger charge is 2.25. The standard InChI is InChI=1S/C19H25ClN4O2/c1-4-24-13-15(14(2)21-24)12-22-7-9-23(10-8-22)19(25)17-11-16(20)5-6-18(17)26-3/h5-6,11,13H,4,7-10,12H2,1-3H3. The van der Waals surface area contributed by atoms with E-state index in [2.05, 4.69) is 23.1 Å². The molecule has 1 aliphatic heterocycles. The third kappa shape index (κ3) is 4.02. The van der Waals surface area contributed by atoms with Gasteiger partial charge in [0.2, 0.25) is 0 Å². The topological polar surface area (TPSA) is 50.6 Å². The molecule has 2 heterocycles. The van der Waals surface area contributed by atoms with Crippen molar-refractivity contribution in [2.24, 2.45) is 0 Å². The Balaban J connectivity index is 1.62. The second-order valence-corrected chi connectivity index (χ2v) is 6.94. The monoisotopic (exact) mass is 376 g/mol. The van der Waals surface area contributed by atoms with Crippen molar-refractivity contribution in [3.8, 4) is 5.75 Å². The lowest BCUT2D eigenvalue weighted by Crippen LogP contribution is -2.48. The number of piperazine rings is 1. The molecule has 0 atom stereocenters. The molecule has 6 nitrogen and oxygen atoms in total. The van der Waals surface area contributed by atoms with E-state index >= 15 is 0 Å². The molecule has 0 radical (unpaired) electrons. The Bertz CT molecular complexity index is 782. The number of aryl methyl sites for hydroxylation is 2. The summed E-state index contributed by atoms with van der Waals surface area (Å²) in [6, 6.07) is 5.14. The number of methoxy groups -OCH3 is 1. The first kappa shape index (κ1) is 18.7. The Morgan fingerprint density at radius 3 is 2.62 bits per heavy atom. The molecule has 1 amide bonds. The summed E-state index contributed by atoms with van der Waals surface area (Å²) in [5.41, 5.74) is 2.85. The second-order valence-electron chi connectivity index (χ2n) is 6.51. The fraction of sp³-hybridized carbons (Fsp3) is 0.474. The Labute approximate surface area is 159 Å². The van der Waals surface area contributed by atoms with Gasteiger partial charge >= 0.3 is 0 Å². The van der Waals surface area contributed by atoms with E-state index in [1.165, 1.54) is 5.56 Å². The highest BCUT2D eigenvalue weighted by atomic mass is 35.5. The first-order valence-corrected chi connectivity index (χ1v) is 9.27. The van der Waals surface area contributed by atoms with Crippen LogP contribution in [0, 0.1) is 6.92 Å². The van der Waals surface area contributed by atoms with E-state index in [0.29, 0.717) is 29.4 Å². The number of amides is 1. The van der Waals surface area contributed by atoms with Crippen molar-refractivity contribution in [1.29, 1.82) is 0 Å². The fourth-order valence-electron chi connectivity index (χ4n) is 3.24. The zero-order chi connectivity index (χ0) is 18.7. The van der Waals surface area contributed by atoms with Crippen LogP contribution in [0.1, 0.15) is 28.5 Å². The summed E-state index contributed by atoms with van der Waals surface area (Å²) in [4.78, 5) is 17.1. The molecule has 3 rings (SSSR count). The zero-order valence-corrected chi connectivity index (χ0v) is 16.3. The summed E-state index contributed by atoms with van der Waals surface area (Å²) in [6.07, 6.45) is 2.11. The van der Waals surface area contributed by atoms with Crippen molar-refractivity contribution < 1.29 is 9.53 Å². The third-order valence-corrected chi connectivity index (χ3v) is 5.05. The van der Waals surface area contributed by atoms with Crippen molar-refractivity contribution in [2.45, 2.75) is 26.9 Å². The number of hydrogen-bond acceptors (Lipinski definition) is 4. The minimum atomic E-state index is -0.0287. The van der Waals surface area contributed by atoms with Gasteiger partial charge in [-0.2, -0.15) is 5.10 Å². The van der Waals surface area contributed by atoms with Crippen LogP contribution in [0.25, 0.3) is 0 Å². The van der Waals surface area contributed by atoms with E-state index in [1.807, 2.05) is 16.5 Å². The fourth-order valence-corrected chi connectivity index (χ4v) is 3.42. The van der Waals surface area contributed by atoms with Crippen LogP contribution in [0.15, 0.2) is 24.4 Å². The van der Waals surface area contributed by atoms with E-state index in [9.17, 15) is 4.79 Å². The van der Waals surface area contributed by atoms with Crippen LogP contribution >= 0.6 is 11.6 Å². The molecule has 0 aliphatic carbocycles. The van der Waals surface area contributed by atoms with Crippen LogP contribution in [-0.4, -0.2) is 58.8 Å². The summed E-state index contributed by atoms with van der Waals surface area (Å²) in [6.45, 7) is 8.94. The van der Waals surface area contributed by atoms with Gasteiger partial charge < -0.3 is 9.64 Å². The third-order valence-electron chi connectivity index (χ3n) is 4.82. The van der Waals surface area contributed by atoms with E-state index < -0.39 is 0 Å². The molecule has 1 fully saturated rings. The largest absolute Gasteiger partial charge is 0.496 e. The Kier molecular flexibility index (Phi) is 5.84. The quantitative estimate of drug-likeness (QED) is 0.805. The maximum absolute atomic E-state index is 12.8. The molecule has 1 aromatic carbocycles. The van der Waals surface area contributed by atoms with E-state index in [1.54, 1.807) is 25.3 Å². The summed E-state index contributed by atoms with van der Waals surface area (Å²) in [5, 5.41) is 5.04. The normalized spacial score (nSPS) is 15.3. The van der Waals surface area contributed by atoms with Crippen molar-refractivity contribution in [1.82, 2.24) is 19.6 Å². The van der Waals surface area contributed by atoms with Crippen molar-refractivity contribution in [3.05, 3.63) is 46.2 Å². The molecule has 26 heavy (non-hydrogen) atoms. The number of ether oxygens (including phenoxy) is 1. The molecule has 0 unspecified atom stereocenters. The summed E-state index contributed by atoms with van der Waals surface area (Å²) in [5.74, 6) is 0.531. The smallest absolute Gasteiger partial charge is 0.257 e. The SMILES string of the molecule is CCn1cc(CN2CCN(C(=O)c3cc(Cl)ccc3OC)CC2)c(C)n1. The maximum Gasteiger partial charge on any atom is 0.257 e. The van der Waals surface area contributed by atoms with Crippen molar-refractivity contribution in [2.75, 3.05) is 33.3 Å². The van der Waals surface area contributed by atoms with Crippen LogP contribution in [0.2, 0.25) is 5.02 Å². The molecule has 0 bridgehead atoms. The van der Waals surface area contributed by atoms with Gasteiger partial charge in [0.1, 0.15) is 5.75 Å². The lowest BCUT2D eigenvalue weighted by atomic mass is 10.1. The molecule has 1 aromatic heterocycles. The molecule has 0 spiro atoms. The van der Waals surface area contributed by atoms with Gasteiger partial charge in [-0.25, -0.2) is 0 Å². The number of rotatable bonds is 5. The first-order chi connectivity index (χ1) is 12.5. The number of aromatic nitrogens is 2. The number of nitrogens with zero attached hydrogens (tertiary/aromatic N) is 4. The maximum atomic E-state index is 12.8. The van der Waals surface area contributed by atoms with Crippen molar-refractivity contribution in [3.63, 3.8) is 0 Å². The summed E-state index contributed by atoms with van der Waals surface area (Å²) < 4.78 is 7.28. The lowest BCUT2D eigenvalue weighted by Gasteiger charge is -2.34. The predicted octanol–water partition coefficient (Wildman–Crippen LogP) is 2.83. The molecule has 0 N–H and O–H groups in total. The van der Waals surface area contributed by atoms with Crippen LogP contribution in [0.4, 0.5) is 0 Å². The molecule has 140 valence electrons. The van der Waals surface area contributed by atoms with Gasteiger partial charge in [-0.15, -0.1) is 0 Å². The van der Waals surface area contributed by atoms with Gasteiger partial charge in [0.05, 0.1) is 18.4 Å². The highest BCUT2D eigenvalue weighted by molar-refractivity contribution is 6.31. The average molecular weight is 377 g/mol. The van der Waals surface area contributed by atoms with Crippen LogP contribution in [-0.2, 0) is 13.1 Å². The molecule has 0 saturated carbocycles. The average Bonchev–Trinajstić information content (AvgIpc) is 3.01. The number of carbonyl (C=O) groups excluding carboxylic acids is 1. The predicted molar refractivity (Wildman–Crippen MR) is 102 cm³/mol. The molecular weight excluding hydrogens is 352 g/mol. The molecule has 7 heteroatoms. The first-order valence-electron chi connectivity index (χ1n) is 8.90. The Hall–Kier alpha value is -2.05. The Morgan fingerprint density at radius 1 is 1.27 bits per heavy atom. The second kappa shape index (κ2) is 8.10.